The first-order chi connectivity index (χ1) is 19.4. The predicted molar refractivity (Wildman–Crippen MR) is 162 cm³/mol. The molecule has 4 aliphatic heterocycles. The number of aryl methyl sites for hydroxylation is 6. The average Bonchev–Trinajstić information content (AvgIpc) is 2.88. The van der Waals surface area contributed by atoms with Crippen LogP contribution < -0.4 is 0 Å². The van der Waals surface area contributed by atoms with E-state index in [0.717, 1.165) is 69.7 Å². The van der Waals surface area contributed by atoms with Crippen molar-refractivity contribution in [1.82, 2.24) is 24.5 Å². The van der Waals surface area contributed by atoms with E-state index in [1.165, 1.54) is 40.0 Å². The molecule has 0 aliphatic carbocycles. The lowest BCUT2D eigenvalue weighted by Gasteiger charge is -2.56. The minimum absolute atomic E-state index is 0.352. The number of aromatic hydroxyl groups is 3. The third-order valence-corrected chi connectivity index (χ3v) is 8.27. The molecule has 3 aromatic carbocycles. The van der Waals surface area contributed by atoms with E-state index in [9.17, 15) is 15.3 Å². The van der Waals surface area contributed by atoms with Gasteiger partial charge in [-0.1, -0.05) is 36.4 Å². The molecule has 0 aromatic heterocycles. The Labute approximate surface area is 244 Å². The summed E-state index contributed by atoms with van der Waals surface area (Å²) >= 11 is 0. The van der Waals surface area contributed by atoms with Crippen LogP contribution in [0.2, 0.25) is 0 Å². The molecule has 3 N–H and O–H groups in total. The van der Waals surface area contributed by atoms with Gasteiger partial charge < -0.3 is 15.3 Å². The largest absolute Gasteiger partial charge is 0.507 e. The second-order valence-corrected chi connectivity index (χ2v) is 12.4. The van der Waals surface area contributed by atoms with E-state index < -0.39 is 0 Å². The summed E-state index contributed by atoms with van der Waals surface area (Å²) in [6.07, 6.45) is 0. The third kappa shape index (κ3) is 6.85. The summed E-state index contributed by atoms with van der Waals surface area (Å²) in [4.78, 5) is 12.2. The van der Waals surface area contributed by atoms with Crippen molar-refractivity contribution in [3.05, 3.63) is 86.5 Å². The highest BCUT2D eigenvalue weighted by molar-refractivity contribution is 5.44. The molecule has 220 valence electrons. The molecule has 0 spiro atoms. The molecular formula is C33H45N5O3. The van der Waals surface area contributed by atoms with Crippen LogP contribution in [0.25, 0.3) is 0 Å². The Kier molecular flexibility index (Phi) is 8.59. The maximum atomic E-state index is 10.1. The molecule has 0 unspecified atom stereocenters. The van der Waals surface area contributed by atoms with Gasteiger partial charge in [-0.05, 0) is 91.6 Å². The van der Waals surface area contributed by atoms with E-state index in [0.29, 0.717) is 17.2 Å². The van der Waals surface area contributed by atoms with Crippen LogP contribution in [0.4, 0.5) is 0 Å². The predicted octanol–water partition coefficient (Wildman–Crippen LogP) is 4.84. The topological polar surface area (TPSA) is 76.9 Å². The first-order valence-corrected chi connectivity index (χ1v) is 14.4. The Balaban J connectivity index is 0.000000277. The molecule has 8 heteroatoms. The zero-order valence-corrected chi connectivity index (χ0v) is 25.4. The van der Waals surface area contributed by atoms with Crippen LogP contribution in [-0.2, 0) is 19.6 Å². The Morgan fingerprint density at radius 1 is 0.439 bits per heavy atom. The van der Waals surface area contributed by atoms with Gasteiger partial charge in [-0.15, -0.1) is 0 Å². The summed E-state index contributed by atoms with van der Waals surface area (Å²) in [6, 6.07) is 12.2. The summed E-state index contributed by atoms with van der Waals surface area (Å²) in [5.41, 5.74) is 8.70. The molecule has 4 heterocycles. The molecular weight excluding hydrogens is 514 g/mol. The van der Waals surface area contributed by atoms with Gasteiger partial charge in [0.1, 0.15) is 17.2 Å². The van der Waals surface area contributed by atoms with E-state index >= 15 is 0 Å². The average molecular weight is 560 g/mol. The molecule has 4 saturated heterocycles. The molecule has 3 aromatic rings. The number of phenols is 3. The van der Waals surface area contributed by atoms with Crippen LogP contribution in [0.1, 0.15) is 50.1 Å². The normalized spacial score (nSPS) is 22.6. The second kappa shape index (κ2) is 12.0. The molecule has 41 heavy (non-hydrogen) atoms. The fraction of sp³-hybridized carbons (Fsp3) is 0.455. The Morgan fingerprint density at radius 2 is 0.634 bits per heavy atom. The number of benzene rings is 3. The fourth-order valence-electron chi connectivity index (χ4n) is 6.59. The molecule has 0 saturated carbocycles. The maximum Gasteiger partial charge on any atom is 0.121 e. The standard InChI is InChI=1S/C27H33NO3.C6H12N4/c1-16-7-22(8-17(2)25(16)29)13-28(14-23-9-18(3)26(30)19(4)10-23)15-24-11-20(5)27(31)21(6)12-24;1-7-2-9-4-8(1)5-10(3-7)6-9/h7-12,29-31H,13-15H2,1-6H3;1-6H2. The quantitative estimate of drug-likeness (QED) is 0.396. The van der Waals surface area contributed by atoms with Crippen molar-refractivity contribution in [1.29, 1.82) is 0 Å². The van der Waals surface area contributed by atoms with E-state index in [2.05, 4.69) is 24.5 Å². The van der Waals surface area contributed by atoms with E-state index in [1.54, 1.807) is 0 Å². The second-order valence-electron chi connectivity index (χ2n) is 12.4. The van der Waals surface area contributed by atoms with Gasteiger partial charge in [0.15, 0.2) is 0 Å². The van der Waals surface area contributed by atoms with Crippen molar-refractivity contribution in [3.8, 4) is 17.2 Å². The molecule has 0 radical (unpaired) electrons. The zero-order chi connectivity index (χ0) is 29.4. The molecule has 8 nitrogen and oxygen atoms in total. The van der Waals surface area contributed by atoms with Crippen LogP contribution >= 0.6 is 0 Å². The highest BCUT2D eigenvalue weighted by atomic mass is 16.3. The first-order valence-electron chi connectivity index (χ1n) is 14.4. The van der Waals surface area contributed by atoms with Crippen molar-refractivity contribution in [2.24, 2.45) is 0 Å². The minimum atomic E-state index is 0.352. The van der Waals surface area contributed by atoms with E-state index in [4.69, 9.17) is 0 Å². The number of rotatable bonds is 6. The van der Waals surface area contributed by atoms with E-state index in [-0.39, 0.29) is 0 Å². The minimum Gasteiger partial charge on any atom is -0.507 e. The fourth-order valence-corrected chi connectivity index (χ4v) is 6.59. The van der Waals surface area contributed by atoms with Gasteiger partial charge in [0.2, 0.25) is 0 Å². The molecule has 4 bridgehead atoms. The molecule has 0 amide bonds. The summed E-state index contributed by atoms with van der Waals surface area (Å²) in [7, 11) is 0. The molecule has 0 atom stereocenters. The maximum absolute atomic E-state index is 10.1. The summed E-state index contributed by atoms with van der Waals surface area (Å²) < 4.78 is 0. The lowest BCUT2D eigenvalue weighted by molar-refractivity contribution is -0.194. The van der Waals surface area contributed by atoms with Gasteiger partial charge >= 0.3 is 0 Å². The summed E-state index contributed by atoms with van der Waals surface area (Å²) in [5, 5.41) is 30.4. The van der Waals surface area contributed by atoms with Gasteiger partial charge in [0.25, 0.3) is 0 Å². The smallest absolute Gasteiger partial charge is 0.121 e. The lowest BCUT2D eigenvalue weighted by Crippen LogP contribution is -2.71. The van der Waals surface area contributed by atoms with Gasteiger partial charge in [-0.25, -0.2) is 0 Å². The van der Waals surface area contributed by atoms with Crippen LogP contribution in [0, 0.1) is 41.5 Å². The summed E-state index contributed by atoms with van der Waals surface area (Å²) in [5.74, 6) is 1.06. The van der Waals surface area contributed by atoms with Gasteiger partial charge in [0.05, 0.1) is 40.0 Å². The van der Waals surface area contributed by atoms with E-state index in [1.807, 2.05) is 77.9 Å². The third-order valence-electron chi connectivity index (χ3n) is 8.27. The van der Waals surface area contributed by atoms with Gasteiger partial charge in [0, 0.05) is 19.6 Å². The monoisotopic (exact) mass is 559 g/mol. The number of hydrogen-bond acceptors (Lipinski definition) is 8. The molecule has 4 aliphatic rings. The Morgan fingerprint density at radius 3 is 0.829 bits per heavy atom. The van der Waals surface area contributed by atoms with Gasteiger partial charge in [-0.3, -0.25) is 24.5 Å². The van der Waals surface area contributed by atoms with Crippen molar-refractivity contribution >= 4 is 0 Å². The SMILES string of the molecule is C1N2CN3CN1CN(C2)C3.Cc1cc(CN(Cc2cc(C)c(O)c(C)c2)Cc2cc(C)c(O)c(C)c2)cc(C)c1O. The van der Waals surface area contributed by atoms with Gasteiger partial charge in [-0.2, -0.15) is 0 Å². The van der Waals surface area contributed by atoms with Crippen molar-refractivity contribution in [2.75, 3.05) is 40.0 Å². The number of phenolic OH excluding ortho intramolecular Hbond substituents is 3. The van der Waals surface area contributed by atoms with Crippen molar-refractivity contribution < 1.29 is 15.3 Å². The molecule has 7 rings (SSSR count). The zero-order valence-electron chi connectivity index (χ0n) is 25.4. The molecule has 4 fully saturated rings. The highest BCUT2D eigenvalue weighted by Gasteiger charge is 2.36. The van der Waals surface area contributed by atoms with Crippen LogP contribution in [0.5, 0.6) is 17.2 Å². The Bertz CT molecular complexity index is 1150. The number of hydrogen-bond donors (Lipinski definition) is 3. The van der Waals surface area contributed by atoms with Crippen molar-refractivity contribution in [3.63, 3.8) is 0 Å². The number of nitrogens with zero attached hydrogens (tertiary/aromatic N) is 5. The summed E-state index contributed by atoms with van der Waals surface area (Å²) in [6.45, 7) is 20.8. The van der Waals surface area contributed by atoms with Crippen molar-refractivity contribution in [2.45, 2.75) is 61.2 Å². The van der Waals surface area contributed by atoms with Crippen LogP contribution in [-0.4, -0.2) is 79.8 Å². The van der Waals surface area contributed by atoms with Crippen LogP contribution in [0.15, 0.2) is 36.4 Å². The first kappa shape index (κ1) is 29.4. The lowest BCUT2D eigenvalue weighted by atomic mass is 10.0. The Hall–Kier alpha value is -3.14. The highest BCUT2D eigenvalue weighted by Crippen LogP contribution is 2.28. The van der Waals surface area contributed by atoms with Crippen LogP contribution in [0.3, 0.4) is 0 Å².